The molecular formula is C17H17N3O2S. The van der Waals surface area contributed by atoms with E-state index >= 15 is 0 Å². The maximum atomic E-state index is 12.9. The third-order valence-electron chi connectivity index (χ3n) is 3.72. The summed E-state index contributed by atoms with van der Waals surface area (Å²) in [6.07, 6.45) is 1.38. The van der Waals surface area contributed by atoms with E-state index in [0.29, 0.717) is 11.5 Å². The summed E-state index contributed by atoms with van der Waals surface area (Å²) >= 11 is 1.39. The molecule has 5 nitrogen and oxygen atoms in total. The van der Waals surface area contributed by atoms with Gasteiger partial charge in [0.25, 0.3) is 11.5 Å². The van der Waals surface area contributed by atoms with E-state index in [2.05, 4.69) is 4.98 Å². The van der Waals surface area contributed by atoms with Gasteiger partial charge in [-0.3, -0.25) is 14.0 Å². The quantitative estimate of drug-likeness (QED) is 0.743. The first-order valence-corrected chi connectivity index (χ1v) is 8.25. The average molecular weight is 327 g/mol. The van der Waals surface area contributed by atoms with Gasteiger partial charge in [0.05, 0.1) is 0 Å². The number of aryl methyl sites for hydroxylation is 2. The number of thiazole rings is 1. The van der Waals surface area contributed by atoms with Crippen LogP contribution in [0, 0.1) is 13.8 Å². The molecule has 23 heavy (non-hydrogen) atoms. The molecule has 0 saturated heterocycles. The lowest BCUT2D eigenvalue weighted by molar-refractivity contribution is 0.0986. The van der Waals surface area contributed by atoms with Gasteiger partial charge in [-0.05, 0) is 38.5 Å². The van der Waals surface area contributed by atoms with Crippen LogP contribution in [0.1, 0.15) is 28.5 Å². The van der Waals surface area contributed by atoms with Crippen LogP contribution < -0.4 is 10.5 Å². The van der Waals surface area contributed by atoms with Crippen molar-refractivity contribution in [2.24, 2.45) is 0 Å². The van der Waals surface area contributed by atoms with E-state index in [1.165, 1.54) is 21.9 Å². The van der Waals surface area contributed by atoms with Gasteiger partial charge >= 0.3 is 0 Å². The highest BCUT2D eigenvalue weighted by atomic mass is 32.1. The first-order chi connectivity index (χ1) is 11.0. The maximum absolute atomic E-state index is 12.9. The summed E-state index contributed by atoms with van der Waals surface area (Å²) in [5.41, 5.74) is 2.41. The fourth-order valence-corrected chi connectivity index (χ4v) is 3.38. The van der Waals surface area contributed by atoms with Crippen LogP contribution in [0.4, 0.5) is 5.69 Å². The minimum atomic E-state index is -0.324. The smallest absolute Gasteiger partial charge is 0.271 e. The second-order valence-corrected chi connectivity index (χ2v) is 6.20. The number of carbonyl (C=O) groups excluding carboxylic acids is 1. The van der Waals surface area contributed by atoms with E-state index in [-0.39, 0.29) is 17.0 Å². The van der Waals surface area contributed by atoms with Gasteiger partial charge in [-0.15, -0.1) is 11.3 Å². The van der Waals surface area contributed by atoms with Gasteiger partial charge in [-0.2, -0.15) is 0 Å². The number of carbonyl (C=O) groups is 1. The number of aromatic nitrogens is 2. The van der Waals surface area contributed by atoms with Gasteiger partial charge in [0.2, 0.25) is 0 Å². The van der Waals surface area contributed by atoms with Crippen LogP contribution in [-0.2, 0) is 0 Å². The summed E-state index contributed by atoms with van der Waals surface area (Å²) in [7, 11) is 0. The number of fused-ring (bicyclic) bond motifs is 1. The third kappa shape index (κ3) is 2.66. The molecule has 0 spiro atoms. The zero-order valence-electron chi connectivity index (χ0n) is 13.2. The zero-order valence-corrected chi connectivity index (χ0v) is 14.1. The Bertz CT molecular complexity index is 942. The van der Waals surface area contributed by atoms with Crippen LogP contribution >= 0.6 is 11.3 Å². The first kappa shape index (κ1) is 15.4. The standard InChI is InChI=1S/C17H17N3O2S/c1-4-19(13-7-5-6-11(2)8-13)15(21)14-9-18-17-20(16(14)22)12(3)10-23-17/h5-10H,4H2,1-3H3. The van der Waals surface area contributed by atoms with Gasteiger partial charge in [-0.25, -0.2) is 4.98 Å². The summed E-state index contributed by atoms with van der Waals surface area (Å²) in [6.45, 7) is 6.17. The SMILES string of the molecule is CCN(C(=O)c1cnc2scc(C)n2c1=O)c1cccc(C)c1. The van der Waals surface area contributed by atoms with E-state index in [1.54, 1.807) is 4.90 Å². The van der Waals surface area contributed by atoms with Gasteiger partial charge < -0.3 is 4.90 Å². The topological polar surface area (TPSA) is 54.7 Å². The van der Waals surface area contributed by atoms with Crippen molar-refractivity contribution in [1.82, 2.24) is 9.38 Å². The minimum Gasteiger partial charge on any atom is -0.308 e. The van der Waals surface area contributed by atoms with Gasteiger partial charge in [0.1, 0.15) is 5.56 Å². The molecule has 0 radical (unpaired) electrons. The fourth-order valence-electron chi connectivity index (χ4n) is 2.56. The summed E-state index contributed by atoms with van der Waals surface area (Å²) in [5.74, 6) is -0.324. The molecule has 2 aromatic heterocycles. The molecule has 0 unspecified atom stereocenters. The summed E-state index contributed by atoms with van der Waals surface area (Å²) in [6, 6.07) is 7.67. The number of rotatable bonds is 3. The Kier molecular flexibility index (Phi) is 4.00. The molecule has 0 N–H and O–H groups in total. The Morgan fingerprint density at radius 2 is 2.13 bits per heavy atom. The molecular weight excluding hydrogens is 310 g/mol. The Hall–Kier alpha value is -2.47. The molecule has 2 heterocycles. The van der Waals surface area contributed by atoms with Crippen molar-refractivity contribution in [2.45, 2.75) is 20.8 Å². The van der Waals surface area contributed by atoms with Crippen molar-refractivity contribution >= 4 is 27.9 Å². The first-order valence-electron chi connectivity index (χ1n) is 7.37. The highest BCUT2D eigenvalue weighted by Gasteiger charge is 2.21. The lowest BCUT2D eigenvalue weighted by Gasteiger charge is -2.21. The van der Waals surface area contributed by atoms with E-state index in [1.807, 2.05) is 50.4 Å². The Balaban J connectivity index is 2.10. The van der Waals surface area contributed by atoms with Gasteiger partial charge in [-0.1, -0.05) is 12.1 Å². The maximum Gasteiger partial charge on any atom is 0.271 e. The highest BCUT2D eigenvalue weighted by molar-refractivity contribution is 7.15. The van der Waals surface area contributed by atoms with Crippen molar-refractivity contribution in [3.8, 4) is 0 Å². The molecule has 0 aliphatic heterocycles. The van der Waals surface area contributed by atoms with Crippen LogP contribution in [0.15, 0.2) is 40.6 Å². The Morgan fingerprint density at radius 3 is 2.83 bits per heavy atom. The van der Waals surface area contributed by atoms with E-state index in [9.17, 15) is 9.59 Å². The van der Waals surface area contributed by atoms with Crippen molar-refractivity contribution in [3.05, 3.63) is 63.0 Å². The van der Waals surface area contributed by atoms with Gasteiger partial charge in [0, 0.05) is 29.5 Å². The van der Waals surface area contributed by atoms with Crippen molar-refractivity contribution in [1.29, 1.82) is 0 Å². The number of amides is 1. The zero-order chi connectivity index (χ0) is 16.6. The molecule has 118 valence electrons. The van der Waals surface area contributed by atoms with E-state index in [0.717, 1.165) is 16.9 Å². The van der Waals surface area contributed by atoms with Crippen LogP contribution in [0.2, 0.25) is 0 Å². The minimum absolute atomic E-state index is 0.0901. The van der Waals surface area contributed by atoms with Crippen LogP contribution in [0.3, 0.4) is 0 Å². The molecule has 3 rings (SSSR count). The van der Waals surface area contributed by atoms with Crippen molar-refractivity contribution < 1.29 is 4.79 Å². The number of hydrogen-bond donors (Lipinski definition) is 0. The summed E-state index contributed by atoms with van der Waals surface area (Å²) in [4.78, 5) is 32.0. The molecule has 0 aliphatic rings. The summed E-state index contributed by atoms with van der Waals surface area (Å²) < 4.78 is 1.49. The van der Waals surface area contributed by atoms with Crippen molar-refractivity contribution in [2.75, 3.05) is 11.4 Å². The summed E-state index contributed by atoms with van der Waals surface area (Å²) in [5, 5.41) is 1.86. The molecule has 1 aromatic carbocycles. The second kappa shape index (κ2) is 5.96. The predicted molar refractivity (Wildman–Crippen MR) is 92.6 cm³/mol. The molecule has 3 aromatic rings. The largest absolute Gasteiger partial charge is 0.308 e. The Morgan fingerprint density at radius 1 is 1.35 bits per heavy atom. The van der Waals surface area contributed by atoms with Crippen molar-refractivity contribution in [3.63, 3.8) is 0 Å². The number of hydrogen-bond acceptors (Lipinski definition) is 4. The van der Waals surface area contributed by atoms with E-state index in [4.69, 9.17) is 0 Å². The lowest BCUT2D eigenvalue weighted by atomic mass is 10.2. The van der Waals surface area contributed by atoms with Crippen LogP contribution in [0.25, 0.3) is 4.96 Å². The number of nitrogens with zero attached hydrogens (tertiary/aromatic N) is 3. The molecule has 0 fully saturated rings. The average Bonchev–Trinajstić information content (AvgIpc) is 2.90. The molecule has 6 heteroatoms. The molecule has 0 saturated carbocycles. The molecule has 0 aliphatic carbocycles. The monoisotopic (exact) mass is 327 g/mol. The molecule has 0 bridgehead atoms. The molecule has 0 atom stereocenters. The van der Waals surface area contributed by atoms with E-state index < -0.39 is 0 Å². The highest BCUT2D eigenvalue weighted by Crippen LogP contribution is 2.18. The second-order valence-electron chi connectivity index (χ2n) is 5.36. The van der Waals surface area contributed by atoms with Crippen LogP contribution in [-0.4, -0.2) is 21.8 Å². The Labute approximate surface area is 137 Å². The fraction of sp³-hybridized carbons (Fsp3) is 0.235. The van der Waals surface area contributed by atoms with Gasteiger partial charge in [0.15, 0.2) is 4.96 Å². The van der Waals surface area contributed by atoms with Crippen LogP contribution in [0.5, 0.6) is 0 Å². The predicted octanol–water partition coefficient (Wildman–Crippen LogP) is 3.04. The normalized spacial score (nSPS) is 10.9. The lowest BCUT2D eigenvalue weighted by Crippen LogP contribution is -2.36. The number of benzene rings is 1. The number of anilines is 1. The third-order valence-corrected chi connectivity index (χ3v) is 4.68. The molecule has 1 amide bonds.